The van der Waals surface area contributed by atoms with Gasteiger partial charge in [-0.1, -0.05) is 0 Å². The lowest BCUT2D eigenvalue weighted by molar-refractivity contribution is 0.0693. The summed E-state index contributed by atoms with van der Waals surface area (Å²) < 4.78 is 7.36. The molecule has 2 aromatic heterocycles. The number of carboxylic acids is 1. The highest BCUT2D eigenvalue weighted by Crippen LogP contribution is 2.29. The molecule has 0 saturated heterocycles. The van der Waals surface area contributed by atoms with Crippen molar-refractivity contribution in [1.82, 2.24) is 14.8 Å². The molecule has 3 rings (SSSR count). The van der Waals surface area contributed by atoms with Crippen molar-refractivity contribution in [3.05, 3.63) is 35.3 Å². The molecule has 0 saturated carbocycles. The normalized spacial score (nSPS) is 13.8. The van der Waals surface area contributed by atoms with Crippen LogP contribution in [0.4, 0.5) is 0 Å². The van der Waals surface area contributed by atoms with E-state index < -0.39 is 5.97 Å². The van der Waals surface area contributed by atoms with E-state index in [-0.39, 0.29) is 11.4 Å². The lowest BCUT2D eigenvalue weighted by atomic mass is 9.95. The highest BCUT2D eigenvalue weighted by Gasteiger charge is 2.20. The molecule has 0 atom stereocenters. The second-order valence-electron chi connectivity index (χ2n) is 5.09. The molecule has 21 heavy (non-hydrogen) atoms. The van der Waals surface area contributed by atoms with Gasteiger partial charge in [0, 0.05) is 12.2 Å². The third-order valence-electron chi connectivity index (χ3n) is 3.64. The number of pyridine rings is 1. The molecule has 6 heteroatoms. The van der Waals surface area contributed by atoms with Gasteiger partial charge in [-0.15, -0.1) is 0 Å². The van der Waals surface area contributed by atoms with Crippen molar-refractivity contribution >= 4 is 5.97 Å². The van der Waals surface area contributed by atoms with E-state index in [9.17, 15) is 9.90 Å². The Bertz CT molecular complexity index is 679. The van der Waals surface area contributed by atoms with Gasteiger partial charge in [-0.2, -0.15) is 5.10 Å². The molecule has 0 fully saturated rings. The van der Waals surface area contributed by atoms with E-state index >= 15 is 0 Å². The van der Waals surface area contributed by atoms with E-state index in [0.717, 1.165) is 43.5 Å². The first-order valence-electron chi connectivity index (χ1n) is 7.13. The fourth-order valence-electron chi connectivity index (χ4n) is 2.53. The van der Waals surface area contributed by atoms with Crippen LogP contribution in [-0.4, -0.2) is 25.8 Å². The van der Waals surface area contributed by atoms with Crippen molar-refractivity contribution in [1.29, 1.82) is 0 Å². The number of ether oxygens (including phenoxy) is 1. The van der Waals surface area contributed by atoms with E-state index in [4.69, 9.17) is 4.74 Å². The van der Waals surface area contributed by atoms with Crippen LogP contribution in [0, 0.1) is 0 Å². The van der Waals surface area contributed by atoms with Crippen LogP contribution in [0.1, 0.15) is 41.4 Å². The SMILES string of the molecule is CCn1cc(Oc2nc3c(cc2C(=O)O)CCCC3)cn1. The van der Waals surface area contributed by atoms with Crippen molar-refractivity contribution < 1.29 is 14.6 Å². The molecule has 0 radical (unpaired) electrons. The van der Waals surface area contributed by atoms with Gasteiger partial charge in [-0.05, 0) is 44.2 Å². The number of carboxylic acid groups (broad SMARTS) is 1. The molecule has 0 amide bonds. The molecule has 1 aliphatic rings. The third kappa shape index (κ3) is 2.74. The smallest absolute Gasteiger partial charge is 0.341 e. The Morgan fingerprint density at radius 2 is 2.24 bits per heavy atom. The number of hydrogen-bond donors (Lipinski definition) is 1. The van der Waals surface area contributed by atoms with Gasteiger partial charge in [-0.25, -0.2) is 9.78 Å². The summed E-state index contributed by atoms with van der Waals surface area (Å²) in [6.45, 7) is 2.70. The highest BCUT2D eigenvalue weighted by atomic mass is 16.5. The summed E-state index contributed by atoms with van der Waals surface area (Å²) in [6.07, 6.45) is 7.22. The predicted octanol–water partition coefficient (Wildman–Crippen LogP) is 2.67. The largest absolute Gasteiger partial charge is 0.477 e. The molecule has 2 heterocycles. The number of aromatic carboxylic acids is 1. The van der Waals surface area contributed by atoms with Crippen LogP contribution >= 0.6 is 0 Å². The minimum Gasteiger partial charge on any atom is -0.477 e. The molecule has 0 aliphatic heterocycles. The van der Waals surface area contributed by atoms with Gasteiger partial charge in [0.15, 0.2) is 5.75 Å². The number of carbonyl (C=O) groups is 1. The summed E-state index contributed by atoms with van der Waals surface area (Å²) in [5.74, 6) is -0.366. The summed E-state index contributed by atoms with van der Waals surface area (Å²) in [5, 5.41) is 13.5. The molecular formula is C15H17N3O3. The number of rotatable bonds is 4. The topological polar surface area (TPSA) is 77.2 Å². The lowest BCUT2D eigenvalue weighted by Gasteiger charge is -2.17. The number of hydrogen-bond acceptors (Lipinski definition) is 4. The standard InChI is InChI=1S/C15H17N3O3/c1-2-18-9-11(8-16-18)21-14-12(15(19)20)7-10-5-3-4-6-13(10)17-14/h7-9H,2-6H2,1H3,(H,19,20). The van der Waals surface area contributed by atoms with Crippen molar-refractivity contribution in [2.75, 3.05) is 0 Å². The molecule has 0 unspecified atom stereocenters. The number of aryl methyl sites for hydroxylation is 3. The highest BCUT2D eigenvalue weighted by molar-refractivity contribution is 5.90. The second-order valence-corrected chi connectivity index (χ2v) is 5.09. The third-order valence-corrected chi connectivity index (χ3v) is 3.64. The van der Waals surface area contributed by atoms with Crippen molar-refractivity contribution in [2.24, 2.45) is 0 Å². The first-order valence-corrected chi connectivity index (χ1v) is 7.13. The summed E-state index contributed by atoms with van der Waals surface area (Å²) in [4.78, 5) is 15.8. The summed E-state index contributed by atoms with van der Waals surface area (Å²) in [6, 6.07) is 1.70. The molecule has 110 valence electrons. The molecule has 0 spiro atoms. The van der Waals surface area contributed by atoms with Gasteiger partial charge in [-0.3, -0.25) is 4.68 Å². The molecule has 1 aliphatic carbocycles. The minimum atomic E-state index is -1.02. The monoisotopic (exact) mass is 287 g/mol. The first kappa shape index (κ1) is 13.6. The Hall–Kier alpha value is -2.37. The van der Waals surface area contributed by atoms with E-state index in [1.165, 1.54) is 0 Å². The van der Waals surface area contributed by atoms with Crippen LogP contribution in [0.2, 0.25) is 0 Å². The number of nitrogens with zero attached hydrogens (tertiary/aromatic N) is 3. The quantitative estimate of drug-likeness (QED) is 0.935. The fourth-order valence-corrected chi connectivity index (χ4v) is 2.53. The maximum absolute atomic E-state index is 11.4. The van der Waals surface area contributed by atoms with Gasteiger partial charge < -0.3 is 9.84 Å². The van der Waals surface area contributed by atoms with Gasteiger partial charge >= 0.3 is 5.97 Å². The number of aromatic nitrogens is 3. The molecule has 2 aromatic rings. The zero-order chi connectivity index (χ0) is 14.8. The van der Waals surface area contributed by atoms with Gasteiger partial charge in [0.05, 0.1) is 12.4 Å². The average molecular weight is 287 g/mol. The number of fused-ring (bicyclic) bond motifs is 1. The van der Waals surface area contributed by atoms with Crippen LogP contribution in [0.25, 0.3) is 0 Å². The Morgan fingerprint density at radius 3 is 2.95 bits per heavy atom. The van der Waals surface area contributed by atoms with E-state index in [1.54, 1.807) is 23.1 Å². The van der Waals surface area contributed by atoms with Crippen molar-refractivity contribution in [2.45, 2.75) is 39.2 Å². The van der Waals surface area contributed by atoms with Gasteiger partial charge in [0.25, 0.3) is 0 Å². The maximum Gasteiger partial charge on any atom is 0.341 e. The molecule has 1 N–H and O–H groups in total. The molecular weight excluding hydrogens is 270 g/mol. The van der Waals surface area contributed by atoms with E-state index in [1.807, 2.05) is 6.92 Å². The van der Waals surface area contributed by atoms with E-state index in [0.29, 0.717) is 5.75 Å². The van der Waals surface area contributed by atoms with Crippen molar-refractivity contribution in [3.63, 3.8) is 0 Å². The Morgan fingerprint density at radius 1 is 1.43 bits per heavy atom. The van der Waals surface area contributed by atoms with Crippen LogP contribution in [-0.2, 0) is 19.4 Å². The lowest BCUT2D eigenvalue weighted by Crippen LogP contribution is -2.10. The van der Waals surface area contributed by atoms with E-state index in [2.05, 4.69) is 10.1 Å². The van der Waals surface area contributed by atoms with Crippen molar-refractivity contribution in [3.8, 4) is 11.6 Å². The predicted molar refractivity (Wildman–Crippen MR) is 75.8 cm³/mol. The molecule has 6 nitrogen and oxygen atoms in total. The molecule has 0 aromatic carbocycles. The first-order chi connectivity index (χ1) is 10.2. The summed E-state index contributed by atoms with van der Waals surface area (Å²) in [5.41, 5.74) is 2.08. The zero-order valence-corrected chi connectivity index (χ0v) is 11.9. The minimum absolute atomic E-state index is 0.111. The van der Waals surface area contributed by atoms with Crippen LogP contribution < -0.4 is 4.74 Å². The van der Waals surface area contributed by atoms with Crippen LogP contribution in [0.3, 0.4) is 0 Å². The zero-order valence-electron chi connectivity index (χ0n) is 11.9. The van der Waals surface area contributed by atoms with Gasteiger partial charge in [0.2, 0.25) is 5.88 Å². The maximum atomic E-state index is 11.4. The van der Waals surface area contributed by atoms with Gasteiger partial charge in [0.1, 0.15) is 5.56 Å². The van der Waals surface area contributed by atoms with Crippen LogP contribution in [0.5, 0.6) is 11.6 Å². The summed E-state index contributed by atoms with van der Waals surface area (Å²) in [7, 11) is 0. The molecule has 0 bridgehead atoms. The Labute approximate surface area is 122 Å². The van der Waals surface area contributed by atoms with Crippen LogP contribution in [0.15, 0.2) is 18.5 Å². The fraction of sp³-hybridized carbons (Fsp3) is 0.400. The summed E-state index contributed by atoms with van der Waals surface area (Å²) >= 11 is 0. The average Bonchev–Trinajstić information content (AvgIpc) is 2.94. The Kier molecular flexibility index (Phi) is 3.60. The second kappa shape index (κ2) is 5.55. The Balaban J connectivity index is 1.97.